The summed E-state index contributed by atoms with van der Waals surface area (Å²) in [5, 5.41) is 26.4. The number of hydrogen-bond donors (Lipinski definition) is 3. The first kappa shape index (κ1) is 31.7. The van der Waals surface area contributed by atoms with Crippen LogP contribution in [0.2, 0.25) is 0 Å². The molecule has 2 aliphatic rings. The number of fused-ring (bicyclic) bond motifs is 1. The van der Waals surface area contributed by atoms with E-state index in [4.69, 9.17) is 0 Å². The minimum atomic E-state index is -1.25. The van der Waals surface area contributed by atoms with Crippen LogP contribution in [0.5, 0.6) is 0 Å². The highest BCUT2D eigenvalue weighted by atomic mass is 32.2. The molecule has 14 nitrogen and oxygen atoms in total. The summed E-state index contributed by atoms with van der Waals surface area (Å²) in [5.41, 5.74) is 1.80. The van der Waals surface area contributed by atoms with E-state index in [0.717, 1.165) is 10.5 Å². The molecule has 0 spiro atoms. The quantitative estimate of drug-likeness (QED) is 0.203. The Morgan fingerprint density at radius 1 is 1.11 bits per heavy atom. The maximum absolute atomic E-state index is 13.6. The number of amides is 5. The molecular weight excluding hydrogens is 621 g/mol. The molecule has 2 aliphatic heterocycles. The smallest absolute Gasteiger partial charge is 0.352 e. The van der Waals surface area contributed by atoms with E-state index in [0.29, 0.717) is 28.5 Å². The van der Waals surface area contributed by atoms with E-state index in [9.17, 15) is 29.1 Å². The first-order valence-electron chi connectivity index (χ1n) is 13.9. The molecule has 1 saturated heterocycles. The summed E-state index contributed by atoms with van der Waals surface area (Å²) in [7, 11) is 3.00. The Morgan fingerprint density at radius 3 is 2.44 bits per heavy atom. The Bertz CT molecular complexity index is 1630. The van der Waals surface area contributed by atoms with Crippen LogP contribution in [0.4, 0.5) is 4.79 Å². The van der Waals surface area contributed by atoms with E-state index < -0.39 is 47.2 Å². The molecule has 0 saturated carbocycles. The SMILES string of the molecule is CN(C(=O)CCc1ccccc1)C(=O)N[C@@H](C(=O)NC1C(=O)N2C(C(=O)O)=C(CSc3nnnn3C)CS[C@H]12)c1ccccc1. The van der Waals surface area contributed by atoms with Crippen LogP contribution in [0.1, 0.15) is 23.6 Å². The van der Waals surface area contributed by atoms with Crippen LogP contribution in [0.3, 0.4) is 0 Å². The highest BCUT2D eigenvalue weighted by molar-refractivity contribution is 8.01. The summed E-state index contributed by atoms with van der Waals surface area (Å²) < 4.78 is 1.46. The molecule has 1 unspecified atom stereocenters. The van der Waals surface area contributed by atoms with E-state index in [1.807, 2.05) is 30.3 Å². The Balaban J connectivity index is 1.25. The number of benzene rings is 2. The summed E-state index contributed by atoms with van der Waals surface area (Å²) in [6, 6.07) is 14.8. The molecule has 3 N–H and O–H groups in total. The lowest BCUT2D eigenvalue weighted by molar-refractivity contribution is -0.151. The van der Waals surface area contributed by atoms with Crippen LogP contribution in [0.15, 0.2) is 77.1 Å². The number of thioether (sulfide) groups is 2. The molecule has 5 amide bonds. The minimum Gasteiger partial charge on any atom is -0.477 e. The number of carbonyl (C=O) groups excluding carboxylic acids is 4. The third-order valence-corrected chi connectivity index (χ3v) is 9.75. The predicted molar refractivity (Wildman–Crippen MR) is 164 cm³/mol. The molecule has 0 bridgehead atoms. The molecule has 3 atom stereocenters. The number of aryl methyl sites for hydroxylation is 2. The number of hydrogen-bond acceptors (Lipinski definition) is 10. The fourth-order valence-corrected chi connectivity index (χ4v) is 7.20. The van der Waals surface area contributed by atoms with Gasteiger partial charge in [0, 0.05) is 32.0 Å². The Labute approximate surface area is 266 Å². The van der Waals surface area contributed by atoms with E-state index >= 15 is 0 Å². The molecule has 45 heavy (non-hydrogen) atoms. The standard InChI is InChI=1S/C29H30N8O6S2/c1-35(20(38)14-13-17-9-5-3-6-10-17)28(43)31-21(18-11-7-4-8-12-18)24(39)30-22-25(40)37-23(27(41)42)19(15-44-26(22)37)16-45-29-32-33-34-36(29)2/h3-12,21-22,26H,13-16H2,1-2H3,(H,30,39)(H,31,43)(H,41,42)/t21-,22?,26-/m1/s1. The zero-order chi connectivity index (χ0) is 32.1. The van der Waals surface area contributed by atoms with Crippen molar-refractivity contribution in [2.75, 3.05) is 18.6 Å². The third-order valence-electron chi connectivity index (χ3n) is 7.32. The predicted octanol–water partition coefficient (Wildman–Crippen LogP) is 1.58. The second-order valence-electron chi connectivity index (χ2n) is 10.3. The Hall–Kier alpha value is -4.70. The average molecular weight is 651 g/mol. The fourth-order valence-electron chi connectivity index (χ4n) is 4.87. The molecule has 0 radical (unpaired) electrons. The number of carboxylic acid groups (broad SMARTS) is 1. The van der Waals surface area contributed by atoms with Crippen molar-refractivity contribution < 1.29 is 29.1 Å². The van der Waals surface area contributed by atoms with E-state index in [-0.39, 0.29) is 17.9 Å². The normalized spacial score (nSPS) is 18.0. The Morgan fingerprint density at radius 2 is 1.80 bits per heavy atom. The van der Waals surface area contributed by atoms with Crippen molar-refractivity contribution in [3.8, 4) is 0 Å². The summed E-state index contributed by atoms with van der Waals surface area (Å²) >= 11 is 2.58. The van der Waals surface area contributed by atoms with Crippen molar-refractivity contribution in [1.82, 2.24) is 40.6 Å². The molecular formula is C29H30N8O6S2. The van der Waals surface area contributed by atoms with Gasteiger partial charge in [-0.15, -0.1) is 16.9 Å². The van der Waals surface area contributed by atoms with E-state index in [2.05, 4.69) is 26.2 Å². The van der Waals surface area contributed by atoms with Gasteiger partial charge in [0.25, 0.3) is 5.91 Å². The largest absolute Gasteiger partial charge is 0.477 e. The molecule has 3 heterocycles. The van der Waals surface area contributed by atoms with Gasteiger partial charge in [0.15, 0.2) is 0 Å². The Kier molecular flexibility index (Phi) is 9.83. The number of imide groups is 1. The number of carbonyl (C=O) groups is 5. The van der Waals surface area contributed by atoms with Gasteiger partial charge in [0.05, 0.1) is 0 Å². The molecule has 1 fully saturated rings. The van der Waals surface area contributed by atoms with Crippen LogP contribution in [0, 0.1) is 0 Å². The lowest BCUT2D eigenvalue weighted by atomic mass is 10.0. The van der Waals surface area contributed by atoms with Crippen molar-refractivity contribution in [3.63, 3.8) is 0 Å². The van der Waals surface area contributed by atoms with Gasteiger partial charge in [-0.2, -0.15) is 0 Å². The molecule has 2 aromatic carbocycles. The molecule has 16 heteroatoms. The summed E-state index contributed by atoms with van der Waals surface area (Å²) in [6.07, 6.45) is 0.542. The maximum atomic E-state index is 13.6. The number of aliphatic carboxylic acids is 1. The van der Waals surface area contributed by atoms with E-state index in [1.54, 1.807) is 37.4 Å². The zero-order valence-corrected chi connectivity index (χ0v) is 26.0. The number of rotatable bonds is 11. The second-order valence-corrected chi connectivity index (χ2v) is 12.3. The fraction of sp³-hybridized carbons (Fsp3) is 0.310. The van der Waals surface area contributed by atoms with Crippen molar-refractivity contribution >= 4 is 53.2 Å². The van der Waals surface area contributed by atoms with Crippen LogP contribution < -0.4 is 10.6 Å². The van der Waals surface area contributed by atoms with Crippen LogP contribution in [-0.2, 0) is 32.6 Å². The highest BCUT2D eigenvalue weighted by Crippen LogP contribution is 2.41. The van der Waals surface area contributed by atoms with Crippen LogP contribution in [-0.4, -0.2) is 94.8 Å². The van der Waals surface area contributed by atoms with E-state index in [1.165, 1.54) is 40.2 Å². The first-order chi connectivity index (χ1) is 21.7. The summed E-state index contributed by atoms with van der Waals surface area (Å²) in [5.74, 6) is -2.35. The number of β-lactam (4-membered cyclic amide) rings is 1. The topological polar surface area (TPSA) is 180 Å². The van der Waals surface area contributed by atoms with Crippen molar-refractivity contribution in [2.45, 2.75) is 35.5 Å². The van der Waals surface area contributed by atoms with Gasteiger partial charge in [-0.3, -0.25) is 24.2 Å². The number of aromatic nitrogens is 4. The number of nitrogens with one attached hydrogen (secondary N) is 2. The lowest BCUT2D eigenvalue weighted by Crippen LogP contribution is -2.71. The summed E-state index contributed by atoms with van der Waals surface area (Å²) in [4.78, 5) is 67.1. The van der Waals surface area contributed by atoms with Crippen molar-refractivity contribution in [3.05, 3.63) is 83.1 Å². The second kappa shape index (κ2) is 13.9. The molecule has 5 rings (SSSR count). The van der Waals surface area contributed by atoms with Gasteiger partial charge in [0.2, 0.25) is 17.0 Å². The number of urea groups is 1. The molecule has 1 aromatic heterocycles. The first-order valence-corrected chi connectivity index (χ1v) is 15.9. The number of tetrazole rings is 1. The lowest BCUT2D eigenvalue weighted by Gasteiger charge is -2.49. The maximum Gasteiger partial charge on any atom is 0.352 e. The minimum absolute atomic E-state index is 0.0941. The van der Waals surface area contributed by atoms with Crippen LogP contribution in [0.25, 0.3) is 0 Å². The average Bonchev–Trinajstić information content (AvgIpc) is 3.47. The highest BCUT2D eigenvalue weighted by Gasteiger charge is 2.54. The molecule has 3 aromatic rings. The van der Waals surface area contributed by atoms with Gasteiger partial charge in [0.1, 0.15) is 23.2 Å². The van der Waals surface area contributed by atoms with Gasteiger partial charge in [-0.1, -0.05) is 72.4 Å². The van der Waals surface area contributed by atoms with Gasteiger partial charge in [-0.25, -0.2) is 14.3 Å². The van der Waals surface area contributed by atoms with Gasteiger partial charge >= 0.3 is 12.0 Å². The summed E-state index contributed by atoms with van der Waals surface area (Å²) in [6.45, 7) is 0. The van der Waals surface area contributed by atoms with Crippen molar-refractivity contribution in [1.29, 1.82) is 0 Å². The van der Waals surface area contributed by atoms with Crippen LogP contribution >= 0.6 is 23.5 Å². The van der Waals surface area contributed by atoms with Gasteiger partial charge < -0.3 is 15.7 Å². The number of nitrogens with zero attached hydrogens (tertiary/aromatic N) is 6. The third kappa shape index (κ3) is 7.01. The zero-order valence-electron chi connectivity index (χ0n) is 24.3. The van der Waals surface area contributed by atoms with Crippen molar-refractivity contribution in [2.24, 2.45) is 7.05 Å². The molecule has 0 aliphatic carbocycles. The molecule has 234 valence electrons. The number of carboxylic acids is 1. The monoisotopic (exact) mass is 650 g/mol. The van der Waals surface area contributed by atoms with Gasteiger partial charge in [-0.05, 0) is 33.5 Å².